The molecule has 1 fully saturated rings. The van der Waals surface area contributed by atoms with Gasteiger partial charge in [0.25, 0.3) is 0 Å². The summed E-state index contributed by atoms with van der Waals surface area (Å²) in [6, 6.07) is 8.24. The van der Waals surface area contributed by atoms with Crippen molar-refractivity contribution in [2.45, 2.75) is 84.5 Å². The van der Waals surface area contributed by atoms with Crippen LogP contribution >= 0.6 is 0 Å². The van der Waals surface area contributed by atoms with E-state index in [9.17, 15) is 14.4 Å². The van der Waals surface area contributed by atoms with E-state index in [0.717, 1.165) is 12.0 Å². The van der Waals surface area contributed by atoms with Crippen LogP contribution in [0.4, 0.5) is 0 Å². The summed E-state index contributed by atoms with van der Waals surface area (Å²) in [4.78, 5) is 35.6. The van der Waals surface area contributed by atoms with Gasteiger partial charge in [-0.05, 0) is 24.0 Å². The molecule has 1 unspecified atom stereocenters. The van der Waals surface area contributed by atoms with E-state index in [0.29, 0.717) is 18.5 Å². The number of hydrogen-bond acceptors (Lipinski definition) is 9. The molecule has 1 aliphatic rings. The SMILES string of the molecule is CCc1ccc(Cc2cn(C3O[C@H](CC)[C@@H](OC(C)=O)[C@H](OC(C)=O)[C@H]3OC(C)=O)nn2)cc1. The molecule has 0 spiro atoms. The van der Waals surface area contributed by atoms with Crippen molar-refractivity contribution in [1.29, 1.82) is 0 Å². The average molecular weight is 474 g/mol. The number of rotatable bonds is 8. The van der Waals surface area contributed by atoms with E-state index in [1.807, 2.05) is 19.1 Å². The fourth-order valence-corrected chi connectivity index (χ4v) is 4.03. The van der Waals surface area contributed by atoms with E-state index in [1.54, 1.807) is 6.20 Å². The first-order chi connectivity index (χ1) is 16.2. The van der Waals surface area contributed by atoms with Gasteiger partial charge < -0.3 is 18.9 Å². The molecule has 2 heterocycles. The maximum Gasteiger partial charge on any atom is 0.303 e. The number of carbonyl (C=O) groups is 3. The van der Waals surface area contributed by atoms with Crippen LogP contribution in [0.3, 0.4) is 0 Å². The summed E-state index contributed by atoms with van der Waals surface area (Å²) < 4.78 is 24.0. The fourth-order valence-electron chi connectivity index (χ4n) is 4.03. The summed E-state index contributed by atoms with van der Waals surface area (Å²) in [7, 11) is 0. The van der Waals surface area contributed by atoms with Crippen molar-refractivity contribution in [3.05, 3.63) is 47.3 Å². The molecule has 10 heteroatoms. The van der Waals surface area contributed by atoms with E-state index >= 15 is 0 Å². The predicted molar refractivity (Wildman–Crippen MR) is 120 cm³/mol. The Morgan fingerprint density at radius 3 is 2.00 bits per heavy atom. The van der Waals surface area contributed by atoms with E-state index in [1.165, 1.54) is 31.0 Å². The van der Waals surface area contributed by atoms with Gasteiger partial charge in [0, 0.05) is 27.2 Å². The highest BCUT2D eigenvalue weighted by molar-refractivity contribution is 5.68. The van der Waals surface area contributed by atoms with Crippen molar-refractivity contribution in [2.75, 3.05) is 0 Å². The largest absolute Gasteiger partial charge is 0.456 e. The lowest BCUT2D eigenvalue weighted by Gasteiger charge is -2.44. The number of esters is 3. The molecule has 1 aromatic carbocycles. The van der Waals surface area contributed by atoms with Gasteiger partial charge in [-0.15, -0.1) is 5.10 Å². The number of hydrogen-bond donors (Lipinski definition) is 0. The minimum Gasteiger partial charge on any atom is -0.456 e. The van der Waals surface area contributed by atoms with Gasteiger partial charge in [-0.3, -0.25) is 14.4 Å². The Bertz CT molecular complexity index is 1000. The van der Waals surface area contributed by atoms with E-state index in [-0.39, 0.29) is 0 Å². The second-order valence-corrected chi connectivity index (χ2v) is 8.23. The predicted octanol–water partition coefficient (Wildman–Crippen LogP) is 2.53. The standard InChI is InChI=1S/C24H31N3O7/c1-6-17-8-10-18(11-9-17)12-19-13-27(26-25-19)24-23(33-16(5)30)22(32-15(4)29)21(31-14(3)28)20(7-2)34-24/h8-11,13,20-24H,6-7,12H2,1-5H3/t20-,21-,22+,23-,24?/m1/s1. The summed E-state index contributed by atoms with van der Waals surface area (Å²) in [5.74, 6) is -1.78. The highest BCUT2D eigenvalue weighted by Crippen LogP contribution is 2.35. The summed E-state index contributed by atoms with van der Waals surface area (Å²) in [6.45, 7) is 7.67. The molecule has 0 saturated carbocycles. The molecular formula is C24H31N3O7. The molecule has 0 amide bonds. The Labute approximate surface area is 198 Å². The zero-order valence-corrected chi connectivity index (χ0v) is 20.1. The first-order valence-electron chi connectivity index (χ1n) is 11.4. The third-order valence-corrected chi connectivity index (χ3v) is 5.55. The molecular weight excluding hydrogens is 442 g/mol. The molecule has 0 N–H and O–H groups in total. The van der Waals surface area contributed by atoms with Gasteiger partial charge in [0.15, 0.2) is 24.5 Å². The zero-order chi connectivity index (χ0) is 24.8. The number of nitrogens with zero attached hydrogens (tertiary/aromatic N) is 3. The number of carbonyl (C=O) groups excluding carboxylic acids is 3. The van der Waals surface area contributed by atoms with Gasteiger partial charge in [-0.2, -0.15) is 0 Å². The maximum atomic E-state index is 11.9. The van der Waals surface area contributed by atoms with Crippen LogP contribution < -0.4 is 0 Å². The number of ether oxygens (including phenoxy) is 4. The highest BCUT2D eigenvalue weighted by atomic mass is 16.7. The van der Waals surface area contributed by atoms with Crippen LogP contribution in [0.15, 0.2) is 30.5 Å². The highest BCUT2D eigenvalue weighted by Gasteiger charge is 2.52. The lowest BCUT2D eigenvalue weighted by atomic mass is 9.95. The lowest BCUT2D eigenvalue weighted by Crippen LogP contribution is -2.59. The Hall–Kier alpha value is -3.27. The van der Waals surface area contributed by atoms with E-state index in [2.05, 4.69) is 29.4 Å². The van der Waals surface area contributed by atoms with E-state index < -0.39 is 48.6 Å². The maximum absolute atomic E-state index is 11.9. The van der Waals surface area contributed by atoms with Crippen LogP contribution in [-0.2, 0) is 46.2 Å². The van der Waals surface area contributed by atoms with Crippen molar-refractivity contribution in [1.82, 2.24) is 15.0 Å². The number of aromatic nitrogens is 3. The smallest absolute Gasteiger partial charge is 0.303 e. The molecule has 10 nitrogen and oxygen atoms in total. The topological polar surface area (TPSA) is 119 Å². The summed E-state index contributed by atoms with van der Waals surface area (Å²) in [5.41, 5.74) is 3.01. The molecule has 3 rings (SSSR count). The fraction of sp³-hybridized carbons (Fsp3) is 0.542. The van der Waals surface area contributed by atoms with Crippen molar-refractivity contribution >= 4 is 17.9 Å². The Balaban J connectivity index is 1.91. The zero-order valence-electron chi connectivity index (χ0n) is 20.1. The molecule has 0 radical (unpaired) electrons. The quantitative estimate of drug-likeness (QED) is 0.421. The Morgan fingerprint density at radius 2 is 1.44 bits per heavy atom. The molecule has 1 aromatic heterocycles. The van der Waals surface area contributed by atoms with Crippen LogP contribution in [-0.4, -0.2) is 57.3 Å². The van der Waals surface area contributed by atoms with Crippen LogP contribution in [0, 0.1) is 0 Å². The first-order valence-corrected chi connectivity index (χ1v) is 11.4. The minimum atomic E-state index is -1.10. The molecule has 0 aliphatic carbocycles. The molecule has 34 heavy (non-hydrogen) atoms. The van der Waals surface area contributed by atoms with Crippen molar-refractivity contribution < 1.29 is 33.3 Å². The summed E-state index contributed by atoms with van der Waals surface area (Å²) in [5, 5.41) is 8.44. The van der Waals surface area contributed by atoms with Gasteiger partial charge in [0.2, 0.25) is 0 Å². The second-order valence-electron chi connectivity index (χ2n) is 8.23. The van der Waals surface area contributed by atoms with Gasteiger partial charge in [0.1, 0.15) is 6.10 Å². The molecule has 184 valence electrons. The Morgan fingerprint density at radius 1 is 0.882 bits per heavy atom. The van der Waals surface area contributed by atoms with Gasteiger partial charge in [0.05, 0.1) is 11.9 Å². The van der Waals surface area contributed by atoms with Gasteiger partial charge in [-0.25, -0.2) is 4.68 Å². The van der Waals surface area contributed by atoms with Crippen molar-refractivity contribution in [3.8, 4) is 0 Å². The van der Waals surface area contributed by atoms with Crippen LogP contribution in [0.5, 0.6) is 0 Å². The van der Waals surface area contributed by atoms with Gasteiger partial charge in [-0.1, -0.05) is 43.3 Å². The van der Waals surface area contributed by atoms with E-state index in [4.69, 9.17) is 18.9 Å². The first kappa shape index (κ1) is 25.4. The Kier molecular flexibility index (Phi) is 8.38. The molecule has 5 atom stereocenters. The lowest BCUT2D eigenvalue weighted by molar-refractivity contribution is -0.265. The number of benzene rings is 1. The molecule has 1 aliphatic heterocycles. The third kappa shape index (κ3) is 6.19. The third-order valence-electron chi connectivity index (χ3n) is 5.55. The van der Waals surface area contributed by atoms with Gasteiger partial charge >= 0.3 is 17.9 Å². The second kappa shape index (κ2) is 11.2. The summed E-state index contributed by atoms with van der Waals surface area (Å²) >= 11 is 0. The molecule has 0 bridgehead atoms. The molecule has 1 saturated heterocycles. The van der Waals surface area contributed by atoms with Crippen LogP contribution in [0.1, 0.15) is 64.1 Å². The van der Waals surface area contributed by atoms with Crippen molar-refractivity contribution in [2.24, 2.45) is 0 Å². The summed E-state index contributed by atoms with van der Waals surface area (Å²) in [6.07, 6.45) is -1.03. The van der Waals surface area contributed by atoms with Crippen LogP contribution in [0.2, 0.25) is 0 Å². The van der Waals surface area contributed by atoms with Crippen molar-refractivity contribution in [3.63, 3.8) is 0 Å². The van der Waals surface area contributed by atoms with Crippen LogP contribution in [0.25, 0.3) is 0 Å². The number of aryl methyl sites for hydroxylation is 1. The molecule has 2 aromatic rings. The minimum absolute atomic E-state index is 0.449. The monoisotopic (exact) mass is 473 g/mol. The normalized spacial score (nSPS) is 24.3. The average Bonchev–Trinajstić information content (AvgIpc) is 3.24.